The van der Waals surface area contributed by atoms with E-state index in [0.717, 1.165) is 32.1 Å². The lowest BCUT2D eigenvalue weighted by atomic mass is 9.76. The normalized spacial score (nSPS) is 26.5. The fourth-order valence-electron chi connectivity index (χ4n) is 8.84. The average molecular weight is 637 g/mol. The highest BCUT2D eigenvalue weighted by atomic mass is 15.2. The van der Waals surface area contributed by atoms with Crippen LogP contribution in [0.15, 0.2) is 168 Å². The SMILES string of the molecule is CC1C=Cc2ccccc2C1c1ccc(N2C3=CC(NC4=CCC(c5ccc(C6=CC=CCC6)cc5)C=C4)=CC[C@H]3C3=CC=C[C@@H]2C3)cc1. The van der Waals surface area contributed by atoms with Crippen molar-refractivity contribution in [2.24, 2.45) is 11.8 Å². The van der Waals surface area contributed by atoms with Gasteiger partial charge in [-0.1, -0.05) is 140 Å². The summed E-state index contributed by atoms with van der Waals surface area (Å²) >= 11 is 0. The number of fused-ring (bicyclic) bond motifs is 5. The molecule has 6 aliphatic rings. The van der Waals surface area contributed by atoms with E-state index in [1.807, 2.05) is 0 Å². The summed E-state index contributed by atoms with van der Waals surface area (Å²) in [5.41, 5.74) is 15.0. The van der Waals surface area contributed by atoms with E-state index < -0.39 is 0 Å². The summed E-state index contributed by atoms with van der Waals surface area (Å²) in [6.07, 6.45) is 35.6. The van der Waals surface area contributed by atoms with Crippen molar-refractivity contribution >= 4 is 17.3 Å². The van der Waals surface area contributed by atoms with Gasteiger partial charge in [-0.25, -0.2) is 0 Å². The van der Waals surface area contributed by atoms with Crippen LogP contribution in [0.5, 0.6) is 0 Å². The summed E-state index contributed by atoms with van der Waals surface area (Å²) < 4.78 is 0. The Morgan fingerprint density at radius 2 is 1.59 bits per heavy atom. The molecule has 3 unspecified atom stereocenters. The second-order valence-corrected chi connectivity index (χ2v) is 14.5. The van der Waals surface area contributed by atoms with Crippen molar-refractivity contribution in [1.29, 1.82) is 0 Å². The van der Waals surface area contributed by atoms with Crippen molar-refractivity contribution in [3.63, 3.8) is 0 Å². The average Bonchev–Trinajstić information content (AvgIpc) is 3.16. The molecule has 0 aromatic heterocycles. The molecule has 2 heteroatoms. The van der Waals surface area contributed by atoms with Crippen LogP contribution in [0.4, 0.5) is 5.69 Å². The van der Waals surface area contributed by atoms with E-state index in [1.165, 1.54) is 56.2 Å². The van der Waals surface area contributed by atoms with Gasteiger partial charge >= 0.3 is 0 Å². The van der Waals surface area contributed by atoms with Crippen molar-refractivity contribution in [3.8, 4) is 0 Å². The first kappa shape index (κ1) is 30.0. The number of benzene rings is 3. The molecular formula is C47H44N2. The lowest BCUT2D eigenvalue weighted by molar-refractivity contribution is 0.536. The first-order valence-electron chi connectivity index (χ1n) is 18.2. The molecule has 5 aliphatic carbocycles. The number of allylic oxidation sites excluding steroid dienone is 13. The lowest BCUT2D eigenvalue weighted by Gasteiger charge is -2.46. The molecular weight excluding hydrogens is 593 g/mol. The van der Waals surface area contributed by atoms with Gasteiger partial charge in [-0.05, 0) is 95.7 Å². The Bertz CT molecular complexity index is 2040. The van der Waals surface area contributed by atoms with Gasteiger partial charge in [-0.3, -0.25) is 0 Å². The van der Waals surface area contributed by atoms with E-state index in [9.17, 15) is 0 Å². The molecule has 49 heavy (non-hydrogen) atoms. The molecule has 0 radical (unpaired) electrons. The van der Waals surface area contributed by atoms with E-state index in [-0.39, 0.29) is 0 Å². The van der Waals surface area contributed by atoms with Crippen LogP contribution in [0.1, 0.15) is 78.7 Å². The van der Waals surface area contributed by atoms with Gasteiger partial charge < -0.3 is 10.2 Å². The predicted molar refractivity (Wildman–Crippen MR) is 206 cm³/mol. The van der Waals surface area contributed by atoms with Gasteiger partial charge in [0.25, 0.3) is 0 Å². The third-order valence-electron chi connectivity index (χ3n) is 11.5. The number of anilines is 1. The summed E-state index contributed by atoms with van der Waals surface area (Å²) in [4.78, 5) is 2.61. The van der Waals surface area contributed by atoms with E-state index in [1.54, 1.807) is 5.57 Å². The minimum Gasteiger partial charge on any atom is -0.356 e. The zero-order valence-corrected chi connectivity index (χ0v) is 28.3. The van der Waals surface area contributed by atoms with Gasteiger partial charge in [0.1, 0.15) is 0 Å². The van der Waals surface area contributed by atoms with Crippen molar-refractivity contribution in [3.05, 3.63) is 196 Å². The minimum absolute atomic E-state index is 0.344. The summed E-state index contributed by atoms with van der Waals surface area (Å²) in [6, 6.07) is 28.0. The molecule has 1 saturated heterocycles. The van der Waals surface area contributed by atoms with Crippen LogP contribution in [0.2, 0.25) is 0 Å². The molecule has 2 bridgehead atoms. The Labute approximate surface area is 291 Å². The van der Waals surface area contributed by atoms with Crippen LogP contribution < -0.4 is 10.2 Å². The first-order valence-corrected chi connectivity index (χ1v) is 18.2. The van der Waals surface area contributed by atoms with Crippen LogP contribution in [0, 0.1) is 11.8 Å². The van der Waals surface area contributed by atoms with Crippen LogP contribution in [0.25, 0.3) is 11.6 Å². The zero-order chi connectivity index (χ0) is 32.7. The number of nitrogens with one attached hydrogen (secondary N) is 1. The van der Waals surface area contributed by atoms with Crippen molar-refractivity contribution in [1.82, 2.24) is 5.32 Å². The highest BCUT2D eigenvalue weighted by Crippen LogP contribution is 2.46. The largest absolute Gasteiger partial charge is 0.356 e. The van der Waals surface area contributed by atoms with Crippen molar-refractivity contribution < 1.29 is 0 Å². The molecule has 1 fully saturated rings. The second kappa shape index (κ2) is 12.7. The van der Waals surface area contributed by atoms with Crippen molar-refractivity contribution in [2.45, 2.75) is 56.9 Å². The summed E-state index contributed by atoms with van der Waals surface area (Å²) in [5.74, 6) is 1.69. The molecule has 1 N–H and O–H groups in total. The summed E-state index contributed by atoms with van der Waals surface area (Å²) in [7, 11) is 0. The highest BCUT2D eigenvalue weighted by molar-refractivity contribution is 5.69. The van der Waals surface area contributed by atoms with E-state index in [4.69, 9.17) is 0 Å². The summed E-state index contributed by atoms with van der Waals surface area (Å²) in [5, 5.41) is 3.79. The number of piperidine rings is 1. The quantitative estimate of drug-likeness (QED) is 0.290. The van der Waals surface area contributed by atoms with Gasteiger partial charge in [0.15, 0.2) is 0 Å². The first-order chi connectivity index (χ1) is 24.2. The predicted octanol–water partition coefficient (Wildman–Crippen LogP) is 11.3. The number of nitrogens with zero attached hydrogens (tertiary/aromatic N) is 1. The Hall–Kier alpha value is -5.08. The third-order valence-corrected chi connectivity index (χ3v) is 11.5. The Morgan fingerprint density at radius 1 is 0.755 bits per heavy atom. The molecule has 2 nitrogen and oxygen atoms in total. The van der Waals surface area contributed by atoms with Gasteiger partial charge in [0.05, 0.1) is 6.04 Å². The smallest absolute Gasteiger partial charge is 0.0559 e. The van der Waals surface area contributed by atoms with E-state index >= 15 is 0 Å². The van der Waals surface area contributed by atoms with Crippen LogP contribution >= 0.6 is 0 Å². The minimum atomic E-state index is 0.344. The second-order valence-electron chi connectivity index (χ2n) is 14.5. The number of hydrogen-bond acceptors (Lipinski definition) is 2. The molecule has 0 saturated carbocycles. The molecule has 9 rings (SSSR count). The van der Waals surface area contributed by atoms with Crippen LogP contribution in [-0.2, 0) is 0 Å². The maximum Gasteiger partial charge on any atom is 0.0559 e. The maximum absolute atomic E-state index is 3.79. The lowest BCUT2D eigenvalue weighted by Crippen LogP contribution is -2.43. The fraction of sp³-hybridized carbons (Fsp3) is 0.234. The molecule has 3 aromatic carbocycles. The molecule has 0 spiro atoms. The van der Waals surface area contributed by atoms with E-state index in [0.29, 0.717) is 29.7 Å². The van der Waals surface area contributed by atoms with Crippen LogP contribution in [0.3, 0.4) is 0 Å². The molecule has 242 valence electrons. The maximum atomic E-state index is 3.79. The number of hydrogen-bond donors (Lipinski definition) is 1. The molecule has 1 heterocycles. The molecule has 0 amide bonds. The monoisotopic (exact) mass is 636 g/mol. The van der Waals surface area contributed by atoms with E-state index in [2.05, 4.69) is 169 Å². The summed E-state index contributed by atoms with van der Waals surface area (Å²) in [6.45, 7) is 2.34. The number of rotatable bonds is 6. The van der Waals surface area contributed by atoms with Crippen molar-refractivity contribution in [2.75, 3.05) is 4.90 Å². The Kier molecular flexibility index (Phi) is 7.81. The highest BCUT2D eigenvalue weighted by Gasteiger charge is 2.37. The van der Waals surface area contributed by atoms with Gasteiger partial charge in [0, 0.05) is 40.5 Å². The molecule has 5 atom stereocenters. The topological polar surface area (TPSA) is 15.3 Å². The van der Waals surface area contributed by atoms with Gasteiger partial charge in [-0.15, -0.1) is 0 Å². The Morgan fingerprint density at radius 3 is 2.41 bits per heavy atom. The fourth-order valence-corrected chi connectivity index (χ4v) is 8.84. The standard InChI is InChI=1S/C47H44N2/c1-32-14-15-37-10-5-6-13-45(37)47(32)38-22-27-42(28-23-38)49-43-12-7-11-39(30-43)44-29-26-41(31-46(44)49)48-40-24-20-36(21-25-40)35-18-16-34(17-19-35)33-8-3-2-4-9-33/h2-3,5-8,10-20,22-28,31-32,36,43-44,47-48H,4,9,21,29-30H2,1H3/t32?,36?,43-,44+,47?/m1/s1. The molecule has 1 aliphatic heterocycles. The molecule has 3 aromatic rings. The zero-order valence-electron chi connectivity index (χ0n) is 28.3. The Balaban J connectivity index is 0.929. The van der Waals surface area contributed by atoms with Gasteiger partial charge in [0.2, 0.25) is 0 Å². The van der Waals surface area contributed by atoms with Gasteiger partial charge in [-0.2, -0.15) is 0 Å². The van der Waals surface area contributed by atoms with Crippen LogP contribution in [-0.4, -0.2) is 6.04 Å². The third kappa shape index (κ3) is 5.74.